The van der Waals surface area contributed by atoms with Gasteiger partial charge in [0, 0.05) is 23.8 Å². The molecule has 0 saturated carbocycles. The second-order valence-corrected chi connectivity index (χ2v) is 3.86. The van der Waals surface area contributed by atoms with Crippen LogP contribution in [0, 0.1) is 10.1 Å². The van der Waals surface area contributed by atoms with Gasteiger partial charge in [-0.1, -0.05) is 0 Å². The lowest BCUT2D eigenvalue weighted by atomic mass is 10.1. The van der Waals surface area contributed by atoms with Gasteiger partial charge < -0.3 is 9.15 Å². The summed E-state index contributed by atoms with van der Waals surface area (Å²) in [5.74, 6) is 0.575. The van der Waals surface area contributed by atoms with Gasteiger partial charge in [-0.25, -0.2) is 4.79 Å². The van der Waals surface area contributed by atoms with Crippen LogP contribution in [0.5, 0.6) is 0 Å². The minimum absolute atomic E-state index is 0.0196. The van der Waals surface area contributed by atoms with Crippen LogP contribution in [0.1, 0.15) is 5.76 Å². The zero-order valence-electron chi connectivity index (χ0n) is 10.6. The van der Waals surface area contributed by atoms with Gasteiger partial charge in [0.2, 0.25) is 0 Å². The Labute approximate surface area is 114 Å². The van der Waals surface area contributed by atoms with E-state index in [1.807, 2.05) is 0 Å². The van der Waals surface area contributed by atoms with Crippen molar-refractivity contribution in [1.29, 1.82) is 0 Å². The van der Waals surface area contributed by atoms with Crippen molar-refractivity contribution in [3.05, 3.63) is 58.3 Å². The van der Waals surface area contributed by atoms with E-state index in [2.05, 4.69) is 4.74 Å². The van der Waals surface area contributed by atoms with Crippen LogP contribution in [0.15, 0.2) is 46.9 Å². The Hall–Kier alpha value is -2.89. The first kappa shape index (κ1) is 13.5. The number of non-ortho nitro benzene ring substituents is 1. The largest absolute Gasteiger partial charge is 0.466 e. The number of rotatable bonds is 4. The smallest absolute Gasteiger partial charge is 0.330 e. The van der Waals surface area contributed by atoms with E-state index >= 15 is 0 Å². The molecule has 1 heterocycles. The molecule has 0 aliphatic rings. The molecule has 0 spiro atoms. The summed E-state index contributed by atoms with van der Waals surface area (Å²) in [5.41, 5.74) is 0.736. The lowest BCUT2D eigenvalue weighted by Gasteiger charge is -1.96. The van der Waals surface area contributed by atoms with E-state index in [1.165, 1.54) is 31.4 Å². The summed E-state index contributed by atoms with van der Waals surface area (Å²) in [6, 6.07) is 9.42. The van der Waals surface area contributed by atoms with Crippen LogP contribution in [0.2, 0.25) is 0 Å². The third-order valence-corrected chi connectivity index (χ3v) is 2.57. The molecule has 0 bridgehead atoms. The van der Waals surface area contributed by atoms with Gasteiger partial charge in [0.05, 0.1) is 12.0 Å². The number of carbonyl (C=O) groups is 1. The van der Waals surface area contributed by atoms with Crippen LogP contribution in [0.4, 0.5) is 5.69 Å². The Kier molecular flexibility index (Phi) is 3.95. The predicted octanol–water partition coefficient (Wildman–Crippen LogP) is 3.04. The number of nitrogens with zero attached hydrogens (tertiary/aromatic N) is 1. The highest BCUT2D eigenvalue weighted by molar-refractivity contribution is 5.86. The predicted molar refractivity (Wildman–Crippen MR) is 71.8 cm³/mol. The molecule has 0 N–H and O–H groups in total. The Morgan fingerprint density at radius 1 is 1.25 bits per heavy atom. The van der Waals surface area contributed by atoms with Gasteiger partial charge in [0.1, 0.15) is 11.5 Å². The monoisotopic (exact) mass is 273 g/mol. The molecule has 0 amide bonds. The molecule has 0 atom stereocenters. The van der Waals surface area contributed by atoms with Crippen molar-refractivity contribution in [2.24, 2.45) is 0 Å². The second-order valence-electron chi connectivity index (χ2n) is 3.86. The first-order valence-corrected chi connectivity index (χ1v) is 5.71. The molecular weight excluding hydrogens is 262 g/mol. The number of methoxy groups -OCH3 is 1. The first-order chi connectivity index (χ1) is 9.60. The van der Waals surface area contributed by atoms with Crippen molar-refractivity contribution >= 4 is 17.7 Å². The van der Waals surface area contributed by atoms with Gasteiger partial charge >= 0.3 is 5.97 Å². The standard InChI is InChI=1S/C14H11NO5/c1-19-14(16)9-7-12-6-8-13(20-12)10-2-4-11(5-3-10)15(17)18/h2-9H,1H3. The summed E-state index contributed by atoms with van der Waals surface area (Å²) in [4.78, 5) is 21.0. The molecule has 0 saturated heterocycles. The van der Waals surface area contributed by atoms with Crippen LogP contribution in [0.25, 0.3) is 17.4 Å². The lowest BCUT2D eigenvalue weighted by molar-refractivity contribution is -0.384. The lowest BCUT2D eigenvalue weighted by Crippen LogP contribution is -1.92. The van der Waals surface area contributed by atoms with Crippen molar-refractivity contribution < 1.29 is 18.9 Å². The van der Waals surface area contributed by atoms with Gasteiger partial charge in [-0.05, 0) is 30.3 Å². The van der Waals surface area contributed by atoms with E-state index in [-0.39, 0.29) is 5.69 Å². The van der Waals surface area contributed by atoms with E-state index in [9.17, 15) is 14.9 Å². The molecular formula is C14H11NO5. The van der Waals surface area contributed by atoms with E-state index in [1.54, 1.807) is 24.3 Å². The summed E-state index contributed by atoms with van der Waals surface area (Å²) in [6.07, 6.45) is 2.74. The molecule has 0 fully saturated rings. The number of nitro benzene ring substituents is 1. The number of esters is 1. The SMILES string of the molecule is COC(=O)C=Cc1ccc(-c2ccc([N+](=O)[O-])cc2)o1. The first-order valence-electron chi connectivity index (χ1n) is 5.71. The molecule has 6 nitrogen and oxygen atoms in total. The fourth-order valence-corrected chi connectivity index (χ4v) is 1.56. The number of benzene rings is 1. The van der Waals surface area contributed by atoms with Gasteiger partial charge in [0.15, 0.2) is 0 Å². The van der Waals surface area contributed by atoms with E-state index in [4.69, 9.17) is 4.42 Å². The Bertz CT molecular complexity index is 654. The van der Waals surface area contributed by atoms with Gasteiger partial charge in [-0.2, -0.15) is 0 Å². The molecule has 0 radical (unpaired) electrons. The number of hydrogen-bond acceptors (Lipinski definition) is 5. The Morgan fingerprint density at radius 2 is 1.95 bits per heavy atom. The topological polar surface area (TPSA) is 82.6 Å². The van der Waals surface area contributed by atoms with Gasteiger partial charge in [-0.3, -0.25) is 10.1 Å². The van der Waals surface area contributed by atoms with Crippen molar-refractivity contribution in [1.82, 2.24) is 0 Å². The molecule has 1 aromatic carbocycles. The van der Waals surface area contributed by atoms with Crippen LogP contribution < -0.4 is 0 Å². The van der Waals surface area contributed by atoms with Crippen molar-refractivity contribution in [2.45, 2.75) is 0 Å². The van der Waals surface area contributed by atoms with Crippen LogP contribution in [-0.2, 0) is 9.53 Å². The van der Waals surface area contributed by atoms with E-state index in [0.717, 1.165) is 0 Å². The molecule has 0 unspecified atom stereocenters. The second kappa shape index (κ2) is 5.83. The highest BCUT2D eigenvalue weighted by Gasteiger charge is 2.07. The molecule has 20 heavy (non-hydrogen) atoms. The molecule has 102 valence electrons. The Morgan fingerprint density at radius 3 is 2.55 bits per heavy atom. The molecule has 6 heteroatoms. The zero-order valence-corrected chi connectivity index (χ0v) is 10.6. The number of furan rings is 1. The normalized spacial score (nSPS) is 10.7. The summed E-state index contributed by atoms with van der Waals surface area (Å²) in [6.45, 7) is 0. The van der Waals surface area contributed by atoms with E-state index < -0.39 is 10.9 Å². The van der Waals surface area contributed by atoms with Crippen molar-refractivity contribution in [3.63, 3.8) is 0 Å². The number of ether oxygens (including phenoxy) is 1. The van der Waals surface area contributed by atoms with Crippen LogP contribution in [0.3, 0.4) is 0 Å². The van der Waals surface area contributed by atoms with Crippen molar-refractivity contribution in [2.75, 3.05) is 7.11 Å². The number of hydrogen-bond donors (Lipinski definition) is 0. The van der Waals surface area contributed by atoms with Gasteiger partial charge in [-0.15, -0.1) is 0 Å². The zero-order chi connectivity index (χ0) is 14.5. The summed E-state index contributed by atoms with van der Waals surface area (Å²) < 4.78 is 9.97. The minimum Gasteiger partial charge on any atom is -0.466 e. The molecule has 2 rings (SSSR count). The summed E-state index contributed by atoms with van der Waals surface area (Å²) in [7, 11) is 1.29. The maximum Gasteiger partial charge on any atom is 0.330 e. The fourth-order valence-electron chi connectivity index (χ4n) is 1.56. The number of nitro groups is 1. The van der Waals surface area contributed by atoms with E-state index in [0.29, 0.717) is 17.1 Å². The quantitative estimate of drug-likeness (QED) is 0.370. The molecule has 1 aromatic heterocycles. The highest BCUT2D eigenvalue weighted by atomic mass is 16.6. The maximum absolute atomic E-state index is 10.9. The molecule has 2 aromatic rings. The summed E-state index contributed by atoms with van der Waals surface area (Å²) in [5, 5.41) is 10.6. The third-order valence-electron chi connectivity index (χ3n) is 2.57. The van der Waals surface area contributed by atoms with Crippen molar-refractivity contribution in [3.8, 4) is 11.3 Å². The van der Waals surface area contributed by atoms with Crippen LogP contribution in [-0.4, -0.2) is 18.0 Å². The highest BCUT2D eigenvalue weighted by Crippen LogP contribution is 2.24. The number of carbonyl (C=O) groups excluding carboxylic acids is 1. The maximum atomic E-state index is 10.9. The minimum atomic E-state index is -0.474. The summed E-state index contributed by atoms with van der Waals surface area (Å²) >= 11 is 0. The van der Waals surface area contributed by atoms with Crippen LogP contribution >= 0.6 is 0 Å². The molecule has 0 aliphatic carbocycles. The average molecular weight is 273 g/mol. The van der Waals surface area contributed by atoms with Gasteiger partial charge in [0.25, 0.3) is 5.69 Å². The molecule has 0 aliphatic heterocycles. The fraction of sp³-hybridized carbons (Fsp3) is 0.0714. The average Bonchev–Trinajstić information content (AvgIpc) is 2.93. The Balaban J connectivity index is 2.18. The third kappa shape index (κ3) is 3.11.